The van der Waals surface area contributed by atoms with Gasteiger partial charge in [-0.25, -0.2) is 0 Å². The van der Waals surface area contributed by atoms with Gasteiger partial charge in [0.25, 0.3) is 0 Å². The summed E-state index contributed by atoms with van der Waals surface area (Å²) in [5, 5.41) is 2.80. The van der Waals surface area contributed by atoms with E-state index in [0.717, 1.165) is 39.9 Å². The lowest BCUT2D eigenvalue weighted by Crippen LogP contribution is -2.22. The number of amides is 1. The van der Waals surface area contributed by atoms with E-state index in [1.807, 2.05) is 38.9 Å². The molecule has 0 heterocycles. The molecule has 0 atom stereocenters. The molecule has 156 valence electrons. The number of halogens is 3. The lowest BCUT2D eigenvalue weighted by molar-refractivity contribution is -0.274. The molecular weight excluding hydrogens is 381 g/mol. The second-order valence-electron chi connectivity index (χ2n) is 6.78. The van der Waals surface area contributed by atoms with Crippen LogP contribution in [0, 0.1) is 6.92 Å². The average Bonchev–Trinajstić information content (AvgIpc) is 2.65. The van der Waals surface area contributed by atoms with Gasteiger partial charge in [0.05, 0.1) is 0 Å². The fourth-order valence-electron chi connectivity index (χ4n) is 3.42. The van der Waals surface area contributed by atoms with Crippen LogP contribution in [-0.4, -0.2) is 26.4 Å². The molecule has 0 aliphatic heterocycles. The van der Waals surface area contributed by atoms with Gasteiger partial charge in [-0.05, 0) is 65.4 Å². The molecule has 2 aromatic rings. The van der Waals surface area contributed by atoms with Gasteiger partial charge in [-0.15, -0.1) is 13.2 Å². The van der Waals surface area contributed by atoms with Crippen molar-refractivity contribution >= 4 is 11.6 Å². The van der Waals surface area contributed by atoms with E-state index in [4.69, 9.17) is 0 Å². The van der Waals surface area contributed by atoms with Crippen LogP contribution in [0.4, 0.5) is 18.9 Å². The van der Waals surface area contributed by atoms with Gasteiger partial charge in [0, 0.05) is 26.3 Å². The number of anilines is 1. The molecule has 0 saturated carbocycles. The Balaban J connectivity index is 2.54. The molecule has 0 unspecified atom stereocenters. The molecule has 0 bridgehead atoms. The van der Waals surface area contributed by atoms with E-state index in [-0.39, 0.29) is 11.7 Å². The summed E-state index contributed by atoms with van der Waals surface area (Å²) in [6.45, 7) is 7.82. The van der Waals surface area contributed by atoms with Crippen LogP contribution in [0.5, 0.6) is 5.75 Å². The van der Waals surface area contributed by atoms with Gasteiger partial charge in [-0.1, -0.05) is 25.6 Å². The maximum Gasteiger partial charge on any atom is 0.573 e. The van der Waals surface area contributed by atoms with Crippen molar-refractivity contribution in [2.45, 2.75) is 33.2 Å². The number of carbonyl (C=O) groups excluding carboxylic acids is 1. The highest BCUT2D eigenvalue weighted by atomic mass is 19.4. The predicted molar refractivity (Wildman–Crippen MR) is 109 cm³/mol. The molecule has 0 saturated heterocycles. The number of alkyl halides is 3. The number of nitrogens with one attached hydrogen (secondary N) is 1. The molecule has 0 radical (unpaired) electrons. The molecule has 2 aromatic carbocycles. The molecule has 1 amide bonds. The highest BCUT2D eigenvalue weighted by Gasteiger charge is 2.31. The Kier molecular flexibility index (Phi) is 6.95. The van der Waals surface area contributed by atoms with Crippen LogP contribution in [0.3, 0.4) is 0 Å². The fraction of sp³-hybridized carbons (Fsp3) is 0.318. The van der Waals surface area contributed by atoms with Crippen molar-refractivity contribution in [3.63, 3.8) is 0 Å². The number of nitrogens with zero attached hydrogens (tertiary/aromatic N) is 1. The second kappa shape index (κ2) is 9.03. The van der Waals surface area contributed by atoms with Crippen molar-refractivity contribution in [2.75, 3.05) is 19.0 Å². The molecule has 0 aliphatic rings. The Morgan fingerprint density at radius 1 is 1.24 bits per heavy atom. The molecule has 0 aliphatic carbocycles. The molecule has 1 N–H and O–H groups in total. The molecule has 7 heteroatoms. The zero-order valence-electron chi connectivity index (χ0n) is 17.0. The molecule has 0 aromatic heterocycles. The summed E-state index contributed by atoms with van der Waals surface area (Å²) < 4.78 is 41.2. The van der Waals surface area contributed by atoms with Gasteiger partial charge in [0.1, 0.15) is 5.75 Å². The maximum absolute atomic E-state index is 12.4. The van der Waals surface area contributed by atoms with Gasteiger partial charge in [0.2, 0.25) is 5.91 Å². The van der Waals surface area contributed by atoms with Crippen LogP contribution < -0.4 is 15.0 Å². The summed E-state index contributed by atoms with van der Waals surface area (Å²) in [5.41, 5.74) is 5.74. The largest absolute Gasteiger partial charge is 0.573 e. The summed E-state index contributed by atoms with van der Waals surface area (Å²) >= 11 is 0. The number of ether oxygens (including phenoxy) is 1. The van der Waals surface area contributed by atoms with Crippen LogP contribution in [0.2, 0.25) is 0 Å². The lowest BCUT2D eigenvalue weighted by atomic mass is 9.90. The number of hydrogen-bond acceptors (Lipinski definition) is 3. The third-order valence-electron chi connectivity index (χ3n) is 4.59. The van der Waals surface area contributed by atoms with Gasteiger partial charge in [-0.2, -0.15) is 0 Å². The van der Waals surface area contributed by atoms with Crippen molar-refractivity contribution in [3.8, 4) is 16.9 Å². The minimum Gasteiger partial charge on any atom is -0.406 e. The Bertz CT molecular complexity index is 888. The Morgan fingerprint density at radius 3 is 2.34 bits per heavy atom. The number of carbonyl (C=O) groups is 1. The first-order chi connectivity index (χ1) is 13.6. The van der Waals surface area contributed by atoms with E-state index < -0.39 is 6.36 Å². The number of benzene rings is 2. The minimum absolute atomic E-state index is 0.268. The number of rotatable bonds is 7. The zero-order valence-corrected chi connectivity index (χ0v) is 17.0. The van der Waals surface area contributed by atoms with Crippen molar-refractivity contribution in [1.29, 1.82) is 0 Å². The Morgan fingerprint density at radius 2 is 1.86 bits per heavy atom. The summed E-state index contributed by atoms with van der Waals surface area (Å²) in [4.78, 5) is 13.6. The highest BCUT2D eigenvalue weighted by molar-refractivity contribution is 5.87. The third kappa shape index (κ3) is 5.53. The van der Waals surface area contributed by atoms with Crippen molar-refractivity contribution in [3.05, 3.63) is 59.7 Å². The summed E-state index contributed by atoms with van der Waals surface area (Å²) in [6, 6.07) is 7.76. The first kappa shape index (κ1) is 22.3. The summed E-state index contributed by atoms with van der Waals surface area (Å²) in [7, 11) is 3.88. The van der Waals surface area contributed by atoms with Crippen molar-refractivity contribution in [1.82, 2.24) is 5.32 Å². The van der Waals surface area contributed by atoms with Gasteiger partial charge < -0.3 is 15.0 Å². The lowest BCUT2D eigenvalue weighted by Gasteiger charge is -2.25. The summed E-state index contributed by atoms with van der Waals surface area (Å²) in [6.07, 6.45) is -2.74. The normalized spacial score (nSPS) is 11.1. The SMILES string of the molecule is C=CC(=O)NCc1cc(-c2ccc(OC(F)(F)F)cc2)c(C)c(N(C)C)c1CC. The minimum atomic E-state index is -4.73. The second-order valence-corrected chi connectivity index (χ2v) is 6.78. The third-order valence-corrected chi connectivity index (χ3v) is 4.59. The van der Waals surface area contributed by atoms with E-state index in [1.165, 1.54) is 18.2 Å². The quantitative estimate of drug-likeness (QED) is 0.659. The number of hydrogen-bond donors (Lipinski definition) is 1. The zero-order chi connectivity index (χ0) is 21.8. The van der Waals surface area contributed by atoms with E-state index in [0.29, 0.717) is 6.54 Å². The van der Waals surface area contributed by atoms with Gasteiger partial charge in [-0.3, -0.25) is 4.79 Å². The molecule has 2 rings (SSSR count). The van der Waals surface area contributed by atoms with Crippen molar-refractivity contribution < 1.29 is 22.7 Å². The fourth-order valence-corrected chi connectivity index (χ4v) is 3.42. The standard InChI is InChI=1S/C22H25F3N2O2/c1-6-18-16(13-26-20(28)7-2)12-19(14(3)21(18)27(4)5)15-8-10-17(11-9-15)29-22(23,24)25/h7-12H,2,6,13H2,1,3-5H3,(H,26,28). The van der Waals surface area contributed by atoms with Crippen LogP contribution in [0.25, 0.3) is 11.1 Å². The molecule has 29 heavy (non-hydrogen) atoms. The van der Waals surface area contributed by atoms with Crippen LogP contribution in [0.15, 0.2) is 43.0 Å². The molecule has 4 nitrogen and oxygen atoms in total. The van der Waals surface area contributed by atoms with Crippen LogP contribution in [-0.2, 0) is 17.8 Å². The highest BCUT2D eigenvalue weighted by Crippen LogP contribution is 2.37. The van der Waals surface area contributed by atoms with Crippen molar-refractivity contribution in [2.24, 2.45) is 0 Å². The topological polar surface area (TPSA) is 41.6 Å². The molecule has 0 spiro atoms. The van der Waals surface area contributed by atoms with E-state index in [1.54, 1.807) is 12.1 Å². The van der Waals surface area contributed by atoms with Gasteiger partial charge >= 0.3 is 6.36 Å². The first-order valence-electron chi connectivity index (χ1n) is 9.16. The predicted octanol–water partition coefficient (Wildman–Crippen LogP) is 4.99. The first-order valence-corrected chi connectivity index (χ1v) is 9.16. The average molecular weight is 406 g/mol. The van der Waals surface area contributed by atoms with E-state index in [2.05, 4.69) is 16.6 Å². The van der Waals surface area contributed by atoms with Gasteiger partial charge in [0.15, 0.2) is 0 Å². The van der Waals surface area contributed by atoms with E-state index >= 15 is 0 Å². The van der Waals surface area contributed by atoms with Crippen LogP contribution >= 0.6 is 0 Å². The Labute approximate surface area is 169 Å². The Hall–Kier alpha value is -2.96. The monoisotopic (exact) mass is 406 g/mol. The summed E-state index contributed by atoms with van der Waals surface area (Å²) in [5.74, 6) is -0.537. The maximum atomic E-state index is 12.4. The molecule has 0 fully saturated rings. The molecular formula is C22H25F3N2O2. The smallest absolute Gasteiger partial charge is 0.406 e. The van der Waals surface area contributed by atoms with E-state index in [9.17, 15) is 18.0 Å². The van der Waals surface area contributed by atoms with Crippen LogP contribution in [0.1, 0.15) is 23.6 Å².